The van der Waals surface area contributed by atoms with Crippen molar-refractivity contribution in [3.8, 4) is 0 Å². The Morgan fingerprint density at radius 2 is 1.94 bits per heavy atom. The van der Waals surface area contributed by atoms with Gasteiger partial charge in [-0.25, -0.2) is 4.79 Å². The summed E-state index contributed by atoms with van der Waals surface area (Å²) >= 11 is 0. The van der Waals surface area contributed by atoms with Gasteiger partial charge in [0.05, 0.1) is 0 Å². The Morgan fingerprint density at radius 3 is 2.06 bits per heavy atom. The van der Waals surface area contributed by atoms with Crippen LogP contribution in [0.25, 0.3) is 0 Å². The van der Waals surface area contributed by atoms with E-state index < -0.39 is 0 Å². The van der Waals surface area contributed by atoms with Gasteiger partial charge in [-0.2, -0.15) is 0 Å². The summed E-state index contributed by atoms with van der Waals surface area (Å²) < 4.78 is 4.86. The molecule has 1 heterocycles. The van der Waals surface area contributed by atoms with Crippen molar-refractivity contribution >= 4 is 5.97 Å². The molecule has 17 heavy (non-hydrogen) atoms. The lowest BCUT2D eigenvalue weighted by atomic mass is 9.86. The van der Waals surface area contributed by atoms with Gasteiger partial charge in [-0.05, 0) is 31.6 Å². The van der Waals surface area contributed by atoms with E-state index in [1.165, 1.54) is 6.42 Å². The second-order valence-electron chi connectivity index (χ2n) is 6.39. The summed E-state index contributed by atoms with van der Waals surface area (Å²) in [6.45, 7) is 15.1. The van der Waals surface area contributed by atoms with Gasteiger partial charge >= 0.3 is 5.97 Å². The standard InChI is InChI=1S/C8H18.C7H10O2/c1-7(2)6-8(3,4)5;1-3-6-4-5(2)9-7(6)8/h7H,6H2,1-5H3;3,5H,4H2,1-2H3/t;5-/m.1/s1. The number of allylic oxidation sites excluding steroid dienone is 1. The Bertz CT molecular complexity index is 269. The van der Waals surface area contributed by atoms with E-state index in [1.54, 1.807) is 0 Å². The first-order chi connectivity index (χ1) is 7.65. The lowest BCUT2D eigenvalue weighted by Crippen LogP contribution is -2.08. The van der Waals surface area contributed by atoms with Crippen molar-refractivity contribution in [2.75, 3.05) is 0 Å². The van der Waals surface area contributed by atoms with Crippen molar-refractivity contribution in [1.82, 2.24) is 0 Å². The van der Waals surface area contributed by atoms with Crippen molar-refractivity contribution in [3.05, 3.63) is 11.6 Å². The minimum absolute atomic E-state index is 0.0868. The molecule has 0 aromatic rings. The van der Waals surface area contributed by atoms with Gasteiger partial charge in [0.15, 0.2) is 0 Å². The maximum absolute atomic E-state index is 10.7. The molecule has 1 atom stereocenters. The van der Waals surface area contributed by atoms with Crippen LogP contribution in [0.2, 0.25) is 0 Å². The van der Waals surface area contributed by atoms with E-state index in [1.807, 2.05) is 19.9 Å². The van der Waals surface area contributed by atoms with Crippen LogP contribution in [0.4, 0.5) is 0 Å². The summed E-state index contributed by atoms with van der Waals surface area (Å²) in [5.41, 5.74) is 1.33. The Kier molecular flexibility index (Phi) is 6.51. The van der Waals surface area contributed by atoms with E-state index in [0.29, 0.717) is 5.41 Å². The molecule has 1 saturated heterocycles. The third-order valence-corrected chi connectivity index (χ3v) is 2.45. The number of ether oxygens (including phenoxy) is 1. The van der Waals surface area contributed by atoms with Crippen molar-refractivity contribution in [2.45, 2.75) is 67.4 Å². The third kappa shape index (κ3) is 8.00. The largest absolute Gasteiger partial charge is 0.459 e. The van der Waals surface area contributed by atoms with Crippen molar-refractivity contribution < 1.29 is 9.53 Å². The molecule has 2 nitrogen and oxygen atoms in total. The van der Waals surface area contributed by atoms with Crippen LogP contribution in [0.1, 0.15) is 61.3 Å². The molecular weight excluding hydrogens is 212 g/mol. The molecule has 0 aromatic carbocycles. The zero-order valence-corrected chi connectivity index (χ0v) is 12.5. The van der Waals surface area contributed by atoms with Gasteiger partial charge in [0.2, 0.25) is 0 Å². The van der Waals surface area contributed by atoms with E-state index in [2.05, 4.69) is 34.6 Å². The van der Waals surface area contributed by atoms with Crippen LogP contribution >= 0.6 is 0 Å². The Labute approximate surface area is 106 Å². The second kappa shape index (κ2) is 6.83. The average Bonchev–Trinajstić information content (AvgIpc) is 2.41. The maximum atomic E-state index is 10.7. The third-order valence-electron chi connectivity index (χ3n) is 2.45. The highest BCUT2D eigenvalue weighted by molar-refractivity contribution is 5.90. The van der Waals surface area contributed by atoms with Gasteiger partial charge in [0, 0.05) is 12.0 Å². The van der Waals surface area contributed by atoms with Crippen LogP contribution < -0.4 is 0 Å². The SMILES string of the molecule is CC(C)CC(C)(C)C.CC=C1C[C@@H](C)OC1=O. The van der Waals surface area contributed by atoms with Gasteiger partial charge in [0.25, 0.3) is 0 Å². The average molecular weight is 240 g/mol. The normalized spacial score (nSPS) is 22.5. The van der Waals surface area contributed by atoms with Gasteiger partial charge < -0.3 is 4.74 Å². The molecule has 0 aromatic heterocycles. The number of hydrogen-bond acceptors (Lipinski definition) is 2. The monoisotopic (exact) mass is 240 g/mol. The summed E-state index contributed by atoms with van der Waals surface area (Å²) in [4.78, 5) is 10.7. The maximum Gasteiger partial charge on any atom is 0.334 e. The Hall–Kier alpha value is -0.790. The van der Waals surface area contributed by atoms with Gasteiger partial charge in [-0.1, -0.05) is 40.7 Å². The zero-order chi connectivity index (χ0) is 13.6. The molecule has 0 radical (unpaired) electrons. The minimum Gasteiger partial charge on any atom is -0.459 e. The molecule has 0 bridgehead atoms. The van der Waals surface area contributed by atoms with Crippen LogP contribution in [0, 0.1) is 11.3 Å². The molecule has 0 spiro atoms. The molecule has 1 aliphatic rings. The van der Waals surface area contributed by atoms with Gasteiger partial charge in [-0.3, -0.25) is 0 Å². The molecule has 0 aliphatic carbocycles. The van der Waals surface area contributed by atoms with E-state index in [9.17, 15) is 4.79 Å². The van der Waals surface area contributed by atoms with Crippen LogP contribution in [0.5, 0.6) is 0 Å². The smallest absolute Gasteiger partial charge is 0.334 e. The molecule has 0 N–H and O–H groups in total. The predicted octanol–water partition coefficient (Wildman–Crippen LogP) is 4.35. The van der Waals surface area contributed by atoms with E-state index in [4.69, 9.17) is 4.74 Å². The van der Waals surface area contributed by atoms with E-state index >= 15 is 0 Å². The fourth-order valence-corrected chi connectivity index (χ4v) is 2.15. The zero-order valence-electron chi connectivity index (χ0n) is 12.5. The molecule has 2 heteroatoms. The predicted molar refractivity (Wildman–Crippen MR) is 72.8 cm³/mol. The van der Waals surface area contributed by atoms with E-state index in [0.717, 1.165) is 17.9 Å². The lowest BCUT2D eigenvalue weighted by Gasteiger charge is -2.19. The second-order valence-corrected chi connectivity index (χ2v) is 6.39. The number of cyclic esters (lactones) is 1. The highest BCUT2D eigenvalue weighted by atomic mass is 16.5. The summed E-state index contributed by atoms with van der Waals surface area (Å²) in [7, 11) is 0. The number of esters is 1. The van der Waals surface area contributed by atoms with Crippen LogP contribution in [0.3, 0.4) is 0 Å². The molecule has 0 saturated carbocycles. The molecular formula is C15H28O2. The summed E-state index contributed by atoms with van der Waals surface area (Å²) in [6, 6.07) is 0. The minimum atomic E-state index is -0.148. The van der Waals surface area contributed by atoms with Crippen LogP contribution in [-0.4, -0.2) is 12.1 Å². The molecule has 1 aliphatic heterocycles. The molecule has 100 valence electrons. The van der Waals surface area contributed by atoms with Crippen molar-refractivity contribution in [1.29, 1.82) is 0 Å². The first kappa shape index (κ1) is 16.2. The molecule has 0 amide bonds. The van der Waals surface area contributed by atoms with Gasteiger partial charge in [0.1, 0.15) is 6.10 Å². The first-order valence-electron chi connectivity index (χ1n) is 6.52. The Morgan fingerprint density at radius 1 is 1.41 bits per heavy atom. The number of carbonyl (C=O) groups is 1. The van der Waals surface area contributed by atoms with Crippen LogP contribution in [-0.2, 0) is 9.53 Å². The fraction of sp³-hybridized carbons (Fsp3) is 0.800. The van der Waals surface area contributed by atoms with Crippen molar-refractivity contribution in [2.24, 2.45) is 11.3 Å². The topological polar surface area (TPSA) is 26.3 Å². The van der Waals surface area contributed by atoms with E-state index in [-0.39, 0.29) is 12.1 Å². The van der Waals surface area contributed by atoms with Crippen LogP contribution in [0.15, 0.2) is 11.6 Å². The summed E-state index contributed by atoms with van der Waals surface area (Å²) in [5.74, 6) is 0.694. The number of hydrogen-bond donors (Lipinski definition) is 0. The molecule has 1 rings (SSSR count). The highest BCUT2D eigenvalue weighted by Gasteiger charge is 2.23. The quantitative estimate of drug-likeness (QED) is 0.503. The first-order valence-corrected chi connectivity index (χ1v) is 6.52. The molecule has 0 unspecified atom stereocenters. The van der Waals surface area contributed by atoms with Crippen molar-refractivity contribution in [3.63, 3.8) is 0 Å². The lowest BCUT2D eigenvalue weighted by molar-refractivity contribution is -0.138. The van der Waals surface area contributed by atoms with Gasteiger partial charge in [-0.15, -0.1) is 0 Å². The Balaban J connectivity index is 0.000000304. The summed E-state index contributed by atoms with van der Waals surface area (Å²) in [6.07, 6.45) is 4.00. The highest BCUT2D eigenvalue weighted by Crippen LogP contribution is 2.23. The summed E-state index contributed by atoms with van der Waals surface area (Å²) in [5, 5.41) is 0. The number of rotatable bonds is 1. The molecule has 1 fully saturated rings. The number of carbonyl (C=O) groups excluding carboxylic acids is 1. The fourth-order valence-electron chi connectivity index (χ4n) is 2.15.